The number of rotatable bonds is 6. The molecule has 0 aliphatic heterocycles. The van der Waals surface area contributed by atoms with Gasteiger partial charge in [-0.3, -0.25) is 9.59 Å². The molecule has 0 saturated carbocycles. The van der Waals surface area contributed by atoms with Crippen molar-refractivity contribution >= 4 is 39.4 Å². The van der Waals surface area contributed by atoms with Crippen LogP contribution < -0.4 is 11.1 Å². The van der Waals surface area contributed by atoms with Crippen LogP contribution in [0.15, 0.2) is 16.6 Å². The van der Waals surface area contributed by atoms with Crippen molar-refractivity contribution in [3.8, 4) is 5.75 Å². The third-order valence-corrected chi connectivity index (χ3v) is 3.38. The van der Waals surface area contributed by atoms with Gasteiger partial charge in [0.1, 0.15) is 5.75 Å². The normalized spacial score (nSPS) is 11.8. The number of carbonyl (C=O) groups is 2. The summed E-state index contributed by atoms with van der Waals surface area (Å²) in [7, 11) is 0. The van der Waals surface area contributed by atoms with Crippen molar-refractivity contribution in [1.29, 1.82) is 0 Å². The highest BCUT2D eigenvalue weighted by molar-refractivity contribution is 9.10. The Labute approximate surface area is 135 Å². The van der Waals surface area contributed by atoms with E-state index in [4.69, 9.17) is 22.1 Å². The number of carbonyl (C=O) groups excluding carboxylic acids is 2. The van der Waals surface area contributed by atoms with E-state index < -0.39 is 17.9 Å². The van der Waals surface area contributed by atoms with Crippen LogP contribution in [0.3, 0.4) is 0 Å². The number of hydrogen-bond donors (Lipinski definition) is 3. The average molecular weight is 380 g/mol. The summed E-state index contributed by atoms with van der Waals surface area (Å²) in [5.74, 6) is -1.17. The highest BCUT2D eigenvalue weighted by Crippen LogP contribution is 2.36. The summed E-state index contributed by atoms with van der Waals surface area (Å²) in [6.07, 6.45) is -0.139. The molecular weight excluding hydrogens is 364 g/mol. The van der Waals surface area contributed by atoms with Crippen LogP contribution in [-0.4, -0.2) is 30.1 Å². The van der Waals surface area contributed by atoms with E-state index in [0.29, 0.717) is 10.0 Å². The molecule has 0 fully saturated rings. The summed E-state index contributed by atoms with van der Waals surface area (Å²) in [6.45, 7) is 1.67. The predicted molar refractivity (Wildman–Crippen MR) is 82.0 cm³/mol. The maximum absolute atomic E-state index is 11.6. The maximum atomic E-state index is 11.6. The van der Waals surface area contributed by atoms with E-state index in [1.54, 1.807) is 13.0 Å². The summed E-state index contributed by atoms with van der Waals surface area (Å²) in [4.78, 5) is 23.1. The van der Waals surface area contributed by atoms with Gasteiger partial charge in [-0.25, -0.2) is 0 Å². The van der Waals surface area contributed by atoms with Crippen LogP contribution in [0, 0.1) is 0 Å². The van der Waals surface area contributed by atoms with Gasteiger partial charge < -0.3 is 20.9 Å². The standard InChI is InChI=1S/C13H16BrClN2O4/c1-2-21-12(19)5-10(17-11(18)6-16)8-3-7(14)4-9(15)13(8)20/h3-4,10,20H,2,5-6,16H2,1H3,(H,17,18). The first-order chi connectivity index (χ1) is 9.88. The van der Waals surface area contributed by atoms with Gasteiger partial charge in [0, 0.05) is 10.0 Å². The second-order valence-corrected chi connectivity index (χ2v) is 5.48. The Bertz CT molecular complexity index is 539. The Kier molecular flexibility index (Phi) is 6.94. The molecule has 0 spiro atoms. The smallest absolute Gasteiger partial charge is 0.308 e. The van der Waals surface area contributed by atoms with Gasteiger partial charge >= 0.3 is 5.97 Å². The van der Waals surface area contributed by atoms with Crippen LogP contribution in [0.4, 0.5) is 0 Å². The quantitative estimate of drug-likeness (QED) is 0.655. The average Bonchev–Trinajstić information content (AvgIpc) is 2.42. The van der Waals surface area contributed by atoms with E-state index in [1.165, 1.54) is 6.07 Å². The van der Waals surface area contributed by atoms with Crippen molar-refractivity contribution in [2.45, 2.75) is 19.4 Å². The summed E-state index contributed by atoms with van der Waals surface area (Å²) >= 11 is 9.14. The Hall–Kier alpha value is -1.31. The summed E-state index contributed by atoms with van der Waals surface area (Å²) in [6, 6.07) is 2.30. The molecule has 1 amide bonds. The fourth-order valence-electron chi connectivity index (χ4n) is 1.73. The largest absolute Gasteiger partial charge is 0.506 e. The van der Waals surface area contributed by atoms with Crippen molar-refractivity contribution in [3.05, 3.63) is 27.2 Å². The van der Waals surface area contributed by atoms with E-state index in [9.17, 15) is 14.7 Å². The number of nitrogens with two attached hydrogens (primary N) is 1. The number of phenolic OH excluding ortho intramolecular Hbond substituents is 1. The number of aromatic hydroxyl groups is 1. The first-order valence-electron chi connectivity index (χ1n) is 6.22. The number of esters is 1. The van der Waals surface area contributed by atoms with Crippen molar-refractivity contribution in [3.63, 3.8) is 0 Å². The summed E-state index contributed by atoms with van der Waals surface area (Å²) in [5.41, 5.74) is 5.57. The molecule has 8 heteroatoms. The third kappa shape index (κ3) is 5.18. The number of benzene rings is 1. The molecule has 116 valence electrons. The lowest BCUT2D eigenvalue weighted by molar-refractivity contribution is -0.143. The molecule has 1 aromatic carbocycles. The molecule has 0 aliphatic carbocycles. The van der Waals surface area contributed by atoms with Crippen LogP contribution in [0.5, 0.6) is 5.75 Å². The molecule has 0 bridgehead atoms. The van der Waals surface area contributed by atoms with Crippen molar-refractivity contribution in [1.82, 2.24) is 5.32 Å². The molecule has 0 aliphatic rings. The maximum Gasteiger partial charge on any atom is 0.308 e. The number of nitrogens with one attached hydrogen (secondary N) is 1. The zero-order valence-electron chi connectivity index (χ0n) is 11.4. The fraction of sp³-hybridized carbons (Fsp3) is 0.385. The Morgan fingerprint density at radius 2 is 2.19 bits per heavy atom. The number of amides is 1. The monoisotopic (exact) mass is 378 g/mol. The van der Waals surface area contributed by atoms with E-state index in [0.717, 1.165) is 0 Å². The van der Waals surface area contributed by atoms with Crippen LogP contribution in [-0.2, 0) is 14.3 Å². The Morgan fingerprint density at radius 3 is 2.76 bits per heavy atom. The molecule has 1 unspecified atom stereocenters. The van der Waals surface area contributed by atoms with Gasteiger partial charge in [-0.05, 0) is 19.1 Å². The van der Waals surface area contributed by atoms with E-state index in [2.05, 4.69) is 21.2 Å². The zero-order valence-corrected chi connectivity index (χ0v) is 13.7. The Balaban J connectivity index is 3.10. The molecule has 1 rings (SSSR count). The topological polar surface area (TPSA) is 102 Å². The third-order valence-electron chi connectivity index (χ3n) is 2.63. The molecule has 0 saturated heterocycles. The van der Waals surface area contributed by atoms with Gasteiger partial charge in [-0.2, -0.15) is 0 Å². The second kappa shape index (κ2) is 8.21. The van der Waals surface area contributed by atoms with Crippen LogP contribution in [0.1, 0.15) is 24.9 Å². The highest BCUT2D eigenvalue weighted by atomic mass is 79.9. The minimum Gasteiger partial charge on any atom is -0.506 e. The van der Waals surface area contributed by atoms with Crippen LogP contribution >= 0.6 is 27.5 Å². The van der Waals surface area contributed by atoms with Crippen LogP contribution in [0.25, 0.3) is 0 Å². The summed E-state index contributed by atoms with van der Waals surface area (Å²) < 4.78 is 5.47. The Morgan fingerprint density at radius 1 is 1.52 bits per heavy atom. The first-order valence-corrected chi connectivity index (χ1v) is 7.39. The number of halogens is 2. The molecular formula is C13H16BrClN2O4. The SMILES string of the molecule is CCOC(=O)CC(NC(=O)CN)c1cc(Br)cc(Cl)c1O. The van der Waals surface area contributed by atoms with E-state index in [1.807, 2.05) is 0 Å². The van der Waals surface area contributed by atoms with Gasteiger partial charge in [-0.1, -0.05) is 27.5 Å². The van der Waals surface area contributed by atoms with Crippen LogP contribution in [0.2, 0.25) is 5.02 Å². The minimum atomic E-state index is -0.782. The lowest BCUT2D eigenvalue weighted by Gasteiger charge is -2.20. The lowest BCUT2D eigenvalue weighted by atomic mass is 10.0. The van der Waals surface area contributed by atoms with Gasteiger partial charge in [0.25, 0.3) is 0 Å². The van der Waals surface area contributed by atoms with E-state index in [-0.39, 0.29) is 30.3 Å². The molecule has 6 nitrogen and oxygen atoms in total. The van der Waals surface area contributed by atoms with Gasteiger partial charge in [0.05, 0.1) is 30.6 Å². The molecule has 0 radical (unpaired) electrons. The number of phenols is 1. The zero-order chi connectivity index (χ0) is 16.0. The lowest BCUT2D eigenvalue weighted by Crippen LogP contribution is -2.35. The van der Waals surface area contributed by atoms with E-state index >= 15 is 0 Å². The van der Waals surface area contributed by atoms with Crippen molar-refractivity contribution < 1.29 is 19.4 Å². The molecule has 0 aromatic heterocycles. The van der Waals surface area contributed by atoms with Crippen molar-refractivity contribution in [2.75, 3.05) is 13.2 Å². The van der Waals surface area contributed by atoms with Crippen molar-refractivity contribution in [2.24, 2.45) is 5.73 Å². The molecule has 4 N–H and O–H groups in total. The molecule has 0 heterocycles. The molecule has 1 atom stereocenters. The second-order valence-electron chi connectivity index (χ2n) is 4.16. The molecule has 21 heavy (non-hydrogen) atoms. The van der Waals surface area contributed by atoms with Gasteiger partial charge in [0.2, 0.25) is 5.91 Å². The van der Waals surface area contributed by atoms with Gasteiger partial charge in [-0.15, -0.1) is 0 Å². The minimum absolute atomic E-state index is 0.107. The van der Waals surface area contributed by atoms with Gasteiger partial charge in [0.15, 0.2) is 0 Å². The number of hydrogen-bond acceptors (Lipinski definition) is 5. The first kappa shape index (κ1) is 17.7. The summed E-state index contributed by atoms with van der Waals surface area (Å²) in [5, 5.41) is 12.7. The highest BCUT2D eigenvalue weighted by Gasteiger charge is 2.23. The fourth-order valence-corrected chi connectivity index (χ4v) is 2.56. The molecule has 1 aromatic rings. The predicted octanol–water partition coefficient (Wildman–Crippen LogP) is 1.88. The number of ether oxygens (including phenoxy) is 1.